The summed E-state index contributed by atoms with van der Waals surface area (Å²) in [5.74, 6) is -0.523. The Kier molecular flexibility index (Phi) is 6.63. The van der Waals surface area contributed by atoms with Crippen LogP contribution in [0.1, 0.15) is 10.4 Å². The number of rotatable bonds is 6. The molecule has 1 N–H and O–H groups in total. The van der Waals surface area contributed by atoms with Crippen LogP contribution in [0.15, 0.2) is 95.4 Å². The van der Waals surface area contributed by atoms with Crippen LogP contribution in [0.5, 0.6) is 0 Å². The molecule has 0 aliphatic carbocycles. The summed E-state index contributed by atoms with van der Waals surface area (Å²) < 4.78 is 47.6. The molecule has 6 rings (SSSR count). The van der Waals surface area contributed by atoms with Crippen molar-refractivity contribution in [3.8, 4) is 32.9 Å². The van der Waals surface area contributed by atoms with Crippen molar-refractivity contribution >= 4 is 54.0 Å². The van der Waals surface area contributed by atoms with Gasteiger partial charge in [0.15, 0.2) is 0 Å². The predicted molar refractivity (Wildman–Crippen MR) is 164 cm³/mol. The summed E-state index contributed by atoms with van der Waals surface area (Å²) in [7, 11) is -0.633. The molecule has 0 atom stereocenters. The van der Waals surface area contributed by atoms with E-state index in [0.717, 1.165) is 27.6 Å². The van der Waals surface area contributed by atoms with Gasteiger partial charge in [0, 0.05) is 46.3 Å². The fraction of sp³-hybridized carbons (Fsp3) is 0.0938. The monoisotopic (exact) mass is 584 g/mol. The van der Waals surface area contributed by atoms with Gasteiger partial charge in [0.05, 0.1) is 17.5 Å². The highest BCUT2D eigenvalue weighted by atomic mass is 32.2. The second kappa shape index (κ2) is 10.2. The molecule has 0 bridgehead atoms. The fourth-order valence-corrected chi connectivity index (χ4v) is 6.49. The Balaban J connectivity index is 1.61. The zero-order valence-electron chi connectivity index (χ0n) is 22.4. The topological polar surface area (TPSA) is 79.6 Å². The zero-order chi connectivity index (χ0) is 28.9. The number of carbonyl (C=O) groups is 1. The maximum absolute atomic E-state index is 13.7. The normalized spacial score (nSPS) is 11.7. The van der Waals surface area contributed by atoms with Gasteiger partial charge in [-0.25, -0.2) is 12.8 Å². The number of hydrogen-bond donors (Lipinski definition) is 1. The second-order valence-electron chi connectivity index (χ2n) is 9.72. The number of furan rings is 1. The predicted octanol–water partition coefficient (Wildman–Crippen LogP) is 7.54. The fourth-order valence-electron chi connectivity index (χ4n) is 4.92. The van der Waals surface area contributed by atoms with Crippen LogP contribution in [0.3, 0.4) is 0 Å². The maximum Gasteiger partial charge on any atom is 0.255 e. The first-order valence-corrected chi connectivity index (χ1v) is 15.4. The average Bonchev–Trinajstić information content (AvgIpc) is 3.57. The lowest BCUT2D eigenvalue weighted by atomic mass is 9.97. The number of carbonyl (C=O) groups excluding carboxylic acids is 1. The van der Waals surface area contributed by atoms with Crippen molar-refractivity contribution in [2.45, 2.75) is 0 Å². The Hall–Kier alpha value is -4.47. The minimum atomic E-state index is -3.64. The number of amides is 1. The van der Waals surface area contributed by atoms with E-state index in [4.69, 9.17) is 4.42 Å². The number of thiophene rings is 1. The van der Waals surface area contributed by atoms with Crippen molar-refractivity contribution in [1.29, 1.82) is 0 Å². The molecule has 41 heavy (non-hydrogen) atoms. The summed E-state index contributed by atoms with van der Waals surface area (Å²) in [6.45, 7) is 0. The zero-order valence-corrected chi connectivity index (χ0v) is 24.1. The van der Waals surface area contributed by atoms with E-state index >= 15 is 0 Å². The smallest absolute Gasteiger partial charge is 0.255 e. The first-order valence-electron chi connectivity index (χ1n) is 12.8. The number of hydrogen-bond acceptors (Lipinski definition) is 5. The van der Waals surface area contributed by atoms with Crippen LogP contribution in [0, 0.1) is 5.82 Å². The highest BCUT2D eigenvalue weighted by molar-refractivity contribution is 7.92. The molecule has 2 aromatic heterocycles. The van der Waals surface area contributed by atoms with E-state index in [2.05, 4.69) is 23.5 Å². The molecule has 0 fully saturated rings. The van der Waals surface area contributed by atoms with E-state index in [0.29, 0.717) is 27.8 Å². The van der Waals surface area contributed by atoms with Gasteiger partial charge in [-0.3, -0.25) is 9.10 Å². The molecule has 206 valence electrons. The molecule has 6 nitrogen and oxygen atoms in total. The van der Waals surface area contributed by atoms with Crippen molar-refractivity contribution in [2.24, 2.45) is 0 Å². The third-order valence-corrected chi connectivity index (χ3v) is 9.44. The second-order valence-corrected chi connectivity index (χ2v) is 12.8. The molecule has 0 radical (unpaired) electrons. The van der Waals surface area contributed by atoms with Gasteiger partial charge in [-0.15, -0.1) is 11.3 Å². The summed E-state index contributed by atoms with van der Waals surface area (Å²) in [6.07, 6.45) is 1.14. The Bertz CT molecular complexity index is 2030. The van der Waals surface area contributed by atoms with Crippen LogP contribution in [0.25, 0.3) is 53.9 Å². The molecular formula is C32H25FN2O4S2. The van der Waals surface area contributed by atoms with E-state index in [9.17, 15) is 17.6 Å². The summed E-state index contributed by atoms with van der Waals surface area (Å²) in [5, 5.41) is 4.33. The van der Waals surface area contributed by atoms with Crippen LogP contribution in [0.2, 0.25) is 0 Å². The first kappa shape index (κ1) is 26.7. The van der Waals surface area contributed by atoms with Gasteiger partial charge < -0.3 is 9.73 Å². The molecule has 6 aromatic rings. The Morgan fingerprint density at radius 2 is 1.63 bits per heavy atom. The van der Waals surface area contributed by atoms with E-state index in [1.807, 2.05) is 36.4 Å². The summed E-state index contributed by atoms with van der Waals surface area (Å²) in [6, 6.07) is 27.3. The van der Waals surface area contributed by atoms with Crippen molar-refractivity contribution in [3.05, 3.63) is 102 Å². The molecule has 2 heterocycles. The molecular weight excluding hydrogens is 559 g/mol. The molecule has 0 aliphatic heterocycles. The number of halogens is 1. The molecule has 1 amide bonds. The Morgan fingerprint density at radius 1 is 0.902 bits per heavy atom. The standard InChI is InChI=1S/C32H25FN2O4S2/c1-34-32(36)30-25-17-24(20-8-6-9-21(15-20)29-16-22-7-4-5-10-28(22)40-29)26(35(2)41(3,37)38)18-27(25)39-31(30)19-11-13-23(33)14-12-19/h4-18H,1-3H3,(H,34,36). The van der Waals surface area contributed by atoms with Gasteiger partial charge in [-0.2, -0.15) is 0 Å². The number of fused-ring (bicyclic) bond motifs is 2. The van der Waals surface area contributed by atoms with E-state index in [1.165, 1.54) is 35.2 Å². The van der Waals surface area contributed by atoms with Crippen LogP contribution in [-0.4, -0.2) is 34.7 Å². The van der Waals surface area contributed by atoms with Crippen molar-refractivity contribution in [3.63, 3.8) is 0 Å². The summed E-state index contributed by atoms with van der Waals surface area (Å²) >= 11 is 1.68. The molecule has 0 spiro atoms. The number of benzene rings is 4. The van der Waals surface area contributed by atoms with Crippen LogP contribution in [0.4, 0.5) is 10.1 Å². The van der Waals surface area contributed by atoms with Crippen LogP contribution in [-0.2, 0) is 10.0 Å². The van der Waals surface area contributed by atoms with Crippen LogP contribution >= 0.6 is 11.3 Å². The largest absolute Gasteiger partial charge is 0.455 e. The average molecular weight is 585 g/mol. The van der Waals surface area contributed by atoms with Gasteiger partial charge >= 0.3 is 0 Å². The lowest BCUT2D eigenvalue weighted by Crippen LogP contribution is -2.25. The molecule has 0 saturated heterocycles. The molecule has 0 unspecified atom stereocenters. The Morgan fingerprint density at radius 3 is 2.34 bits per heavy atom. The highest BCUT2D eigenvalue weighted by Crippen LogP contribution is 2.42. The van der Waals surface area contributed by atoms with Gasteiger partial charge in [-0.1, -0.05) is 36.4 Å². The van der Waals surface area contributed by atoms with Crippen molar-refractivity contribution < 1.29 is 22.0 Å². The number of sulfonamides is 1. The van der Waals surface area contributed by atoms with Gasteiger partial charge in [0.25, 0.3) is 5.91 Å². The van der Waals surface area contributed by atoms with Gasteiger partial charge in [0.2, 0.25) is 10.0 Å². The molecule has 9 heteroatoms. The quantitative estimate of drug-likeness (QED) is 0.219. The summed E-state index contributed by atoms with van der Waals surface area (Å²) in [4.78, 5) is 14.2. The molecule has 4 aromatic carbocycles. The lowest BCUT2D eigenvalue weighted by molar-refractivity contribution is 0.0964. The van der Waals surface area contributed by atoms with Crippen LogP contribution < -0.4 is 9.62 Å². The minimum absolute atomic E-state index is 0.267. The van der Waals surface area contributed by atoms with E-state index in [1.54, 1.807) is 35.6 Å². The highest BCUT2D eigenvalue weighted by Gasteiger charge is 2.26. The maximum atomic E-state index is 13.7. The summed E-state index contributed by atoms with van der Waals surface area (Å²) in [5.41, 5.74) is 3.92. The minimum Gasteiger partial charge on any atom is -0.455 e. The van der Waals surface area contributed by atoms with E-state index in [-0.39, 0.29) is 17.2 Å². The lowest BCUT2D eigenvalue weighted by Gasteiger charge is -2.21. The van der Waals surface area contributed by atoms with Gasteiger partial charge in [0.1, 0.15) is 17.2 Å². The van der Waals surface area contributed by atoms with Crippen molar-refractivity contribution in [2.75, 3.05) is 24.7 Å². The Labute approximate surface area is 240 Å². The molecule has 0 aliphatic rings. The number of nitrogens with one attached hydrogen (secondary N) is 1. The SMILES string of the molecule is CNC(=O)c1c(-c2ccc(F)cc2)oc2cc(N(C)S(C)(=O)=O)c(-c3cccc(-c4cc5ccccc5s4)c3)cc12. The number of anilines is 1. The molecule has 0 saturated carbocycles. The third kappa shape index (κ3) is 4.87. The van der Waals surface area contributed by atoms with Gasteiger partial charge in [-0.05, 0) is 65.0 Å². The van der Waals surface area contributed by atoms with E-state index < -0.39 is 15.8 Å². The van der Waals surface area contributed by atoms with Crippen molar-refractivity contribution in [1.82, 2.24) is 5.32 Å². The third-order valence-electron chi connectivity index (χ3n) is 7.09. The first-order chi connectivity index (χ1) is 19.6. The number of nitrogens with zero attached hydrogens (tertiary/aromatic N) is 1.